The molecule has 0 saturated heterocycles. The van der Waals surface area contributed by atoms with Gasteiger partial charge in [-0.3, -0.25) is 0 Å². The molecule has 3 heteroatoms. The molecule has 1 N–H and O–H groups in total. The summed E-state index contributed by atoms with van der Waals surface area (Å²) >= 11 is 0. The minimum Gasteiger partial charge on any atom is -0.508 e. The molecule has 1 aliphatic carbocycles. The van der Waals surface area contributed by atoms with Crippen LogP contribution < -0.4 is 4.74 Å². The highest BCUT2D eigenvalue weighted by molar-refractivity contribution is 5.54. The van der Waals surface area contributed by atoms with Gasteiger partial charge in [0, 0.05) is 12.5 Å². The van der Waals surface area contributed by atoms with Crippen LogP contribution in [-0.2, 0) is 4.74 Å². The topological polar surface area (TPSA) is 38.7 Å². The molecule has 0 bridgehead atoms. The van der Waals surface area contributed by atoms with Gasteiger partial charge in [-0.05, 0) is 55.4 Å². The quantitative estimate of drug-likeness (QED) is 0.353. The number of phenols is 1. The van der Waals surface area contributed by atoms with Crippen LogP contribution in [0, 0.1) is 5.92 Å². The van der Waals surface area contributed by atoms with Crippen LogP contribution >= 0.6 is 0 Å². The van der Waals surface area contributed by atoms with E-state index in [9.17, 15) is 5.11 Å². The zero-order chi connectivity index (χ0) is 18.1. The van der Waals surface area contributed by atoms with Crippen LogP contribution in [-0.4, -0.2) is 18.3 Å². The Bertz CT molecular complexity index is 589. The van der Waals surface area contributed by atoms with E-state index in [1.165, 1.54) is 38.5 Å². The summed E-state index contributed by atoms with van der Waals surface area (Å²) < 4.78 is 11.2. The van der Waals surface area contributed by atoms with E-state index in [1.54, 1.807) is 31.1 Å². The van der Waals surface area contributed by atoms with Crippen molar-refractivity contribution in [1.82, 2.24) is 0 Å². The van der Waals surface area contributed by atoms with E-state index in [2.05, 4.69) is 19.9 Å². The van der Waals surface area contributed by atoms with Gasteiger partial charge in [-0.1, -0.05) is 38.3 Å². The van der Waals surface area contributed by atoms with E-state index in [4.69, 9.17) is 9.47 Å². The number of hydrogen-bond donors (Lipinski definition) is 1. The number of benzene rings is 1. The molecule has 1 aromatic rings. The van der Waals surface area contributed by atoms with Crippen LogP contribution in [0.3, 0.4) is 0 Å². The lowest BCUT2D eigenvalue weighted by atomic mass is 9.97. The molecule has 25 heavy (non-hydrogen) atoms. The standard InChI is InChI=1S/C22H32O3/c1-4-5-6-7-18-9-8-17(2)22(11-10-18)25-13-12-19-14-20(23)16-21(15-19)24-3/h10,12-17,22-23H,4-9,11H2,1-3H3/b13-12+. The molecule has 0 amide bonds. The summed E-state index contributed by atoms with van der Waals surface area (Å²) in [6, 6.07) is 5.17. The highest BCUT2D eigenvalue weighted by Crippen LogP contribution is 2.28. The third-order valence-electron chi connectivity index (χ3n) is 4.96. The Labute approximate surface area is 152 Å². The highest BCUT2D eigenvalue weighted by Gasteiger charge is 2.20. The van der Waals surface area contributed by atoms with Gasteiger partial charge < -0.3 is 14.6 Å². The lowest BCUT2D eigenvalue weighted by Crippen LogP contribution is -2.17. The maximum Gasteiger partial charge on any atom is 0.123 e. The Balaban J connectivity index is 1.91. The zero-order valence-electron chi connectivity index (χ0n) is 15.8. The summed E-state index contributed by atoms with van der Waals surface area (Å²) in [5.41, 5.74) is 2.47. The highest BCUT2D eigenvalue weighted by atomic mass is 16.5. The lowest BCUT2D eigenvalue weighted by Gasteiger charge is -2.20. The van der Waals surface area contributed by atoms with Gasteiger partial charge in [0.15, 0.2) is 0 Å². The molecule has 0 saturated carbocycles. The Morgan fingerprint density at radius 1 is 1.24 bits per heavy atom. The van der Waals surface area contributed by atoms with Crippen molar-refractivity contribution in [3.63, 3.8) is 0 Å². The summed E-state index contributed by atoms with van der Waals surface area (Å²) in [5.74, 6) is 1.38. The summed E-state index contributed by atoms with van der Waals surface area (Å²) in [6.07, 6.45) is 14.8. The molecule has 0 fully saturated rings. The number of allylic oxidation sites excluding steroid dienone is 1. The first-order valence-corrected chi connectivity index (χ1v) is 9.50. The average Bonchev–Trinajstić information content (AvgIpc) is 2.77. The van der Waals surface area contributed by atoms with E-state index in [-0.39, 0.29) is 11.9 Å². The van der Waals surface area contributed by atoms with Crippen LogP contribution in [0.2, 0.25) is 0 Å². The van der Waals surface area contributed by atoms with Crippen LogP contribution in [0.25, 0.3) is 6.08 Å². The number of phenolic OH excluding ortho intramolecular Hbond substituents is 1. The molecule has 1 aromatic carbocycles. The Kier molecular flexibility index (Phi) is 7.90. The SMILES string of the molecule is CCCCCC1=CCC(O/C=C/c2cc(O)cc(OC)c2)C(C)CC1. The van der Waals surface area contributed by atoms with Crippen LogP contribution in [0.5, 0.6) is 11.5 Å². The van der Waals surface area contributed by atoms with Gasteiger partial charge in [0.2, 0.25) is 0 Å². The minimum absolute atomic E-state index is 0.196. The molecular weight excluding hydrogens is 312 g/mol. The van der Waals surface area contributed by atoms with Gasteiger partial charge in [-0.25, -0.2) is 0 Å². The number of aromatic hydroxyl groups is 1. The first kappa shape index (κ1) is 19.4. The maximum atomic E-state index is 9.71. The van der Waals surface area contributed by atoms with Crippen molar-refractivity contribution < 1.29 is 14.6 Å². The molecule has 2 rings (SSSR count). The fourth-order valence-electron chi connectivity index (χ4n) is 3.27. The van der Waals surface area contributed by atoms with E-state index >= 15 is 0 Å². The number of unbranched alkanes of at least 4 members (excludes halogenated alkanes) is 2. The third kappa shape index (κ3) is 6.49. The largest absolute Gasteiger partial charge is 0.508 e. The van der Waals surface area contributed by atoms with E-state index < -0.39 is 0 Å². The molecule has 0 radical (unpaired) electrons. The first-order chi connectivity index (χ1) is 12.1. The predicted molar refractivity (Wildman–Crippen MR) is 104 cm³/mol. The second-order valence-electron chi connectivity index (χ2n) is 7.01. The van der Waals surface area contributed by atoms with Crippen LogP contribution in [0.1, 0.15) is 64.4 Å². The zero-order valence-corrected chi connectivity index (χ0v) is 15.8. The summed E-state index contributed by atoms with van der Waals surface area (Å²) in [5, 5.41) is 9.71. The number of ether oxygens (including phenoxy) is 2. The molecule has 0 heterocycles. The maximum absolute atomic E-state index is 9.71. The fourth-order valence-corrected chi connectivity index (χ4v) is 3.27. The van der Waals surface area contributed by atoms with Crippen molar-refractivity contribution in [1.29, 1.82) is 0 Å². The van der Waals surface area contributed by atoms with Crippen molar-refractivity contribution in [2.75, 3.05) is 7.11 Å². The van der Waals surface area contributed by atoms with Crippen molar-refractivity contribution in [2.24, 2.45) is 5.92 Å². The lowest BCUT2D eigenvalue weighted by molar-refractivity contribution is 0.0960. The van der Waals surface area contributed by atoms with E-state index in [1.807, 2.05) is 12.1 Å². The predicted octanol–water partition coefficient (Wildman–Crippen LogP) is 6.08. The summed E-state index contributed by atoms with van der Waals surface area (Å²) in [7, 11) is 1.59. The second-order valence-corrected chi connectivity index (χ2v) is 7.01. The Morgan fingerprint density at radius 2 is 2.08 bits per heavy atom. The molecular formula is C22H32O3. The van der Waals surface area contributed by atoms with Gasteiger partial charge >= 0.3 is 0 Å². The molecule has 0 aliphatic heterocycles. The van der Waals surface area contributed by atoms with Crippen molar-refractivity contribution in [3.05, 3.63) is 41.7 Å². The molecule has 0 aromatic heterocycles. The number of rotatable bonds is 8. The molecule has 2 unspecified atom stereocenters. The van der Waals surface area contributed by atoms with Crippen molar-refractivity contribution in [2.45, 2.75) is 64.9 Å². The molecule has 3 nitrogen and oxygen atoms in total. The average molecular weight is 344 g/mol. The summed E-state index contributed by atoms with van der Waals surface area (Å²) in [6.45, 7) is 4.53. The normalized spacial score (nSPS) is 21.0. The van der Waals surface area contributed by atoms with Gasteiger partial charge in [0.05, 0.1) is 13.4 Å². The third-order valence-corrected chi connectivity index (χ3v) is 4.96. The van der Waals surface area contributed by atoms with Crippen molar-refractivity contribution >= 4 is 6.08 Å². The number of hydrogen-bond acceptors (Lipinski definition) is 3. The van der Waals surface area contributed by atoms with Gasteiger partial charge in [0.25, 0.3) is 0 Å². The Morgan fingerprint density at radius 3 is 2.84 bits per heavy atom. The van der Waals surface area contributed by atoms with Crippen molar-refractivity contribution in [3.8, 4) is 11.5 Å². The van der Waals surface area contributed by atoms with E-state index in [0.29, 0.717) is 11.7 Å². The minimum atomic E-state index is 0.196. The molecule has 138 valence electrons. The van der Waals surface area contributed by atoms with Crippen LogP contribution in [0.4, 0.5) is 0 Å². The first-order valence-electron chi connectivity index (χ1n) is 9.50. The second kappa shape index (κ2) is 10.2. The monoisotopic (exact) mass is 344 g/mol. The smallest absolute Gasteiger partial charge is 0.123 e. The molecule has 2 atom stereocenters. The Hall–Kier alpha value is -1.90. The van der Waals surface area contributed by atoms with Gasteiger partial charge in [-0.2, -0.15) is 0 Å². The van der Waals surface area contributed by atoms with E-state index in [0.717, 1.165) is 12.0 Å². The van der Waals surface area contributed by atoms with Crippen LogP contribution in [0.15, 0.2) is 36.1 Å². The van der Waals surface area contributed by atoms with Gasteiger partial charge in [0.1, 0.15) is 17.6 Å². The molecule has 1 aliphatic rings. The number of methoxy groups -OCH3 is 1. The fraction of sp³-hybridized carbons (Fsp3) is 0.545. The summed E-state index contributed by atoms with van der Waals surface area (Å²) in [4.78, 5) is 0. The van der Waals surface area contributed by atoms with Gasteiger partial charge in [-0.15, -0.1) is 0 Å². The molecule has 0 spiro atoms.